The van der Waals surface area contributed by atoms with E-state index in [0.717, 1.165) is 12.8 Å². The zero-order valence-electron chi connectivity index (χ0n) is 18.8. The fourth-order valence-electron chi connectivity index (χ4n) is 3.14. The summed E-state index contributed by atoms with van der Waals surface area (Å²) in [6.45, 7) is 2.59. The van der Waals surface area contributed by atoms with E-state index in [-0.39, 0.29) is 24.7 Å². The van der Waals surface area contributed by atoms with Crippen molar-refractivity contribution in [1.82, 2.24) is 10.3 Å². The van der Waals surface area contributed by atoms with Crippen LogP contribution in [-0.4, -0.2) is 86.3 Å². The molecule has 1 amide bonds. The van der Waals surface area contributed by atoms with Gasteiger partial charge in [0.25, 0.3) is 12.3 Å². The van der Waals surface area contributed by atoms with E-state index in [0.29, 0.717) is 6.61 Å². The summed E-state index contributed by atoms with van der Waals surface area (Å²) < 4.78 is 52.5. The summed E-state index contributed by atoms with van der Waals surface area (Å²) in [5, 5.41) is 12.5. The van der Waals surface area contributed by atoms with E-state index >= 15 is 0 Å². The molecule has 10 nitrogen and oxygen atoms in total. The number of amides is 1. The zero-order valence-corrected chi connectivity index (χ0v) is 18.8. The van der Waals surface area contributed by atoms with Crippen LogP contribution < -0.4 is 10.1 Å². The molecule has 33 heavy (non-hydrogen) atoms. The number of hydrogen-bond donors (Lipinski definition) is 2. The molecule has 0 unspecified atom stereocenters. The number of aromatic nitrogens is 1. The highest BCUT2D eigenvalue weighted by molar-refractivity contribution is 5.98. The number of nitrogens with zero attached hydrogens (tertiary/aromatic N) is 1. The van der Waals surface area contributed by atoms with E-state index in [9.17, 15) is 23.5 Å². The number of esters is 1. The number of halogens is 2. The van der Waals surface area contributed by atoms with Crippen molar-refractivity contribution in [2.45, 2.75) is 57.5 Å². The van der Waals surface area contributed by atoms with Gasteiger partial charge in [-0.2, -0.15) is 0 Å². The third-order valence-corrected chi connectivity index (χ3v) is 4.85. The lowest BCUT2D eigenvalue weighted by Gasteiger charge is -2.30. The first-order valence-corrected chi connectivity index (χ1v) is 10.6. The number of aromatic hydroxyl groups is 1. The third-order valence-electron chi connectivity index (χ3n) is 4.85. The number of unbranched alkanes of at least 4 members (excludes halogenated alkanes) is 1. The smallest absolute Gasteiger partial charge is 0.331 e. The molecule has 0 aliphatic carbocycles. The third kappa shape index (κ3) is 7.76. The Morgan fingerprint density at radius 3 is 2.79 bits per heavy atom. The van der Waals surface area contributed by atoms with Crippen molar-refractivity contribution in [3.8, 4) is 11.5 Å². The lowest BCUT2D eigenvalue weighted by Crippen LogP contribution is -2.47. The average Bonchev–Trinajstić information content (AvgIpc) is 2.82. The number of rotatable bonds is 10. The van der Waals surface area contributed by atoms with Gasteiger partial charge in [-0.25, -0.2) is 18.6 Å². The summed E-state index contributed by atoms with van der Waals surface area (Å²) in [5.41, 5.74) is -0.353. The van der Waals surface area contributed by atoms with Crippen LogP contribution in [0.15, 0.2) is 12.3 Å². The quantitative estimate of drug-likeness (QED) is 0.383. The largest absolute Gasteiger partial charge is 0.503 e. The SMILES string of the molecule is CCCCO[C@H]1COC[C@H](NC(=O)c2nccc(OC)c2O)C(=O)O[C@@H](C)[C@@H]1OCC(F)F. The summed E-state index contributed by atoms with van der Waals surface area (Å²) in [7, 11) is 1.31. The summed E-state index contributed by atoms with van der Waals surface area (Å²) >= 11 is 0. The van der Waals surface area contributed by atoms with Crippen molar-refractivity contribution < 1.29 is 47.2 Å². The average molecular weight is 476 g/mol. The molecule has 1 aliphatic heterocycles. The number of pyridine rings is 1. The van der Waals surface area contributed by atoms with Crippen LogP contribution in [0, 0.1) is 0 Å². The molecule has 1 aliphatic rings. The molecule has 1 aromatic rings. The number of hydrogen-bond acceptors (Lipinski definition) is 9. The van der Waals surface area contributed by atoms with Crippen LogP contribution in [0.1, 0.15) is 37.2 Å². The molecule has 1 saturated heterocycles. The Morgan fingerprint density at radius 2 is 2.12 bits per heavy atom. The molecule has 0 radical (unpaired) electrons. The monoisotopic (exact) mass is 476 g/mol. The maximum atomic E-state index is 12.8. The van der Waals surface area contributed by atoms with Crippen LogP contribution >= 0.6 is 0 Å². The summed E-state index contributed by atoms with van der Waals surface area (Å²) in [4.78, 5) is 29.1. The van der Waals surface area contributed by atoms with Crippen molar-refractivity contribution in [3.63, 3.8) is 0 Å². The van der Waals surface area contributed by atoms with E-state index in [1.165, 1.54) is 26.3 Å². The van der Waals surface area contributed by atoms with E-state index in [4.69, 9.17) is 23.7 Å². The van der Waals surface area contributed by atoms with E-state index in [2.05, 4.69) is 10.3 Å². The number of methoxy groups -OCH3 is 1. The Balaban J connectivity index is 2.15. The first-order chi connectivity index (χ1) is 15.8. The summed E-state index contributed by atoms with van der Waals surface area (Å²) in [6, 6.07) is 0.112. The van der Waals surface area contributed by atoms with Gasteiger partial charge in [0.1, 0.15) is 24.9 Å². The van der Waals surface area contributed by atoms with Crippen molar-refractivity contribution in [2.75, 3.05) is 33.5 Å². The second kappa shape index (κ2) is 13.2. The van der Waals surface area contributed by atoms with Gasteiger partial charge < -0.3 is 34.1 Å². The van der Waals surface area contributed by atoms with Gasteiger partial charge >= 0.3 is 5.97 Å². The lowest BCUT2D eigenvalue weighted by atomic mass is 10.1. The van der Waals surface area contributed by atoms with Gasteiger partial charge in [-0.1, -0.05) is 13.3 Å². The van der Waals surface area contributed by atoms with Crippen molar-refractivity contribution in [2.24, 2.45) is 0 Å². The van der Waals surface area contributed by atoms with Crippen LogP contribution in [-0.2, 0) is 23.7 Å². The summed E-state index contributed by atoms with van der Waals surface area (Å²) in [5.74, 6) is -2.18. The van der Waals surface area contributed by atoms with Crippen LogP contribution in [0.3, 0.4) is 0 Å². The first-order valence-electron chi connectivity index (χ1n) is 10.6. The van der Waals surface area contributed by atoms with Gasteiger partial charge in [-0.3, -0.25) is 4.79 Å². The van der Waals surface area contributed by atoms with E-state index < -0.39 is 55.0 Å². The predicted molar refractivity (Wildman–Crippen MR) is 110 cm³/mol. The molecule has 2 heterocycles. The number of ether oxygens (including phenoxy) is 5. The highest BCUT2D eigenvalue weighted by Gasteiger charge is 2.37. The molecule has 186 valence electrons. The van der Waals surface area contributed by atoms with Crippen LogP contribution in [0.25, 0.3) is 0 Å². The van der Waals surface area contributed by atoms with Gasteiger partial charge in [-0.15, -0.1) is 0 Å². The maximum absolute atomic E-state index is 12.8. The first kappa shape index (κ1) is 26.7. The molecule has 2 rings (SSSR count). The molecule has 0 spiro atoms. The van der Waals surface area contributed by atoms with Gasteiger partial charge in [0.15, 0.2) is 23.2 Å². The second-order valence-corrected chi connectivity index (χ2v) is 7.37. The number of carbonyl (C=O) groups is 2. The highest BCUT2D eigenvalue weighted by Crippen LogP contribution is 2.27. The Morgan fingerprint density at radius 1 is 1.36 bits per heavy atom. The van der Waals surface area contributed by atoms with E-state index in [1.54, 1.807) is 0 Å². The second-order valence-electron chi connectivity index (χ2n) is 7.37. The minimum Gasteiger partial charge on any atom is -0.503 e. The fraction of sp³-hybridized carbons (Fsp3) is 0.667. The number of cyclic esters (lactones) is 1. The van der Waals surface area contributed by atoms with Gasteiger partial charge in [-0.05, 0) is 13.3 Å². The van der Waals surface area contributed by atoms with Crippen LogP contribution in [0.4, 0.5) is 8.78 Å². The zero-order chi connectivity index (χ0) is 24.4. The maximum Gasteiger partial charge on any atom is 0.331 e. The Bertz CT molecular complexity index is 783. The standard InChI is InChI=1S/C21H30F2N2O8/c1-4-5-8-31-15-10-30-9-13(21(28)33-12(2)19(15)32-11-16(22)23)25-20(27)17-18(26)14(29-3)6-7-24-17/h6-7,12-13,15-16,19,26H,4-5,8-11H2,1-3H3,(H,25,27)/t12-,13-,15-,19-/m0/s1. The Hall–Kier alpha value is -2.57. The molecule has 0 saturated carbocycles. The van der Waals surface area contributed by atoms with Crippen LogP contribution in [0.5, 0.6) is 11.5 Å². The van der Waals surface area contributed by atoms with Crippen molar-refractivity contribution in [1.29, 1.82) is 0 Å². The normalized spacial score (nSPS) is 23.9. The van der Waals surface area contributed by atoms with Crippen molar-refractivity contribution >= 4 is 11.9 Å². The predicted octanol–water partition coefficient (Wildman–Crippen LogP) is 1.69. The lowest BCUT2D eigenvalue weighted by molar-refractivity contribution is -0.172. The Labute approximate surface area is 190 Å². The molecule has 1 fully saturated rings. The molecule has 0 aromatic carbocycles. The summed E-state index contributed by atoms with van der Waals surface area (Å²) in [6.07, 6.45) is -2.59. The van der Waals surface area contributed by atoms with E-state index in [1.807, 2.05) is 6.92 Å². The number of nitrogens with one attached hydrogen (secondary N) is 1. The molecule has 1 aromatic heterocycles. The fourth-order valence-corrected chi connectivity index (χ4v) is 3.14. The minimum atomic E-state index is -2.71. The number of alkyl halides is 2. The molecule has 4 atom stereocenters. The van der Waals surface area contributed by atoms with Gasteiger partial charge in [0.2, 0.25) is 0 Å². The number of carbonyl (C=O) groups excluding carboxylic acids is 2. The topological polar surface area (TPSA) is 125 Å². The molecular formula is C21H30F2N2O8. The molecule has 12 heteroatoms. The molecule has 2 N–H and O–H groups in total. The molecular weight excluding hydrogens is 446 g/mol. The van der Waals surface area contributed by atoms with Crippen LogP contribution in [0.2, 0.25) is 0 Å². The van der Waals surface area contributed by atoms with Gasteiger partial charge in [0.05, 0.1) is 20.3 Å². The van der Waals surface area contributed by atoms with Gasteiger partial charge in [0, 0.05) is 18.9 Å². The molecule has 0 bridgehead atoms. The minimum absolute atomic E-state index is 0.0307. The Kier molecular flexibility index (Phi) is 10.7. The van der Waals surface area contributed by atoms with Crippen molar-refractivity contribution in [3.05, 3.63) is 18.0 Å². The highest BCUT2D eigenvalue weighted by atomic mass is 19.3.